The van der Waals surface area contributed by atoms with Crippen LogP contribution in [0.2, 0.25) is 0 Å². The topological polar surface area (TPSA) is 62.2 Å². The molecule has 1 heterocycles. The highest BCUT2D eigenvalue weighted by Gasteiger charge is 2.07. The van der Waals surface area contributed by atoms with Gasteiger partial charge in [-0.2, -0.15) is 0 Å². The molecule has 4 heteroatoms. The molecule has 0 atom stereocenters. The molecule has 0 saturated carbocycles. The number of anilines is 1. The molecule has 0 aromatic carbocycles. The van der Waals surface area contributed by atoms with E-state index in [1.54, 1.807) is 12.1 Å². The number of nitrogens with one attached hydrogen (secondary N) is 1. The van der Waals surface area contributed by atoms with Gasteiger partial charge in [0.05, 0.1) is 5.56 Å². The van der Waals surface area contributed by atoms with Gasteiger partial charge in [0.15, 0.2) is 0 Å². The van der Waals surface area contributed by atoms with Crippen LogP contribution < -0.4 is 5.32 Å². The van der Waals surface area contributed by atoms with Gasteiger partial charge in [-0.05, 0) is 18.6 Å². The van der Waals surface area contributed by atoms with Crippen LogP contribution in [0.5, 0.6) is 0 Å². The largest absolute Gasteiger partial charge is 0.478 e. The second-order valence-corrected chi connectivity index (χ2v) is 3.46. The number of nitrogens with zero attached hydrogens (tertiary/aromatic N) is 1. The lowest BCUT2D eigenvalue weighted by Crippen LogP contribution is -2.06. The van der Waals surface area contributed by atoms with E-state index in [9.17, 15) is 4.79 Å². The predicted molar refractivity (Wildman–Crippen MR) is 63.9 cm³/mol. The quantitative estimate of drug-likeness (QED) is 0.722. The van der Waals surface area contributed by atoms with Crippen molar-refractivity contribution >= 4 is 11.8 Å². The van der Waals surface area contributed by atoms with Crippen LogP contribution in [-0.4, -0.2) is 22.6 Å². The van der Waals surface area contributed by atoms with E-state index in [0.717, 1.165) is 18.5 Å². The Kier molecular flexibility index (Phi) is 4.51. The Balaban J connectivity index is 2.97. The smallest absolute Gasteiger partial charge is 0.335 e. The van der Waals surface area contributed by atoms with E-state index >= 15 is 0 Å². The molecule has 1 rings (SSSR count). The Morgan fingerprint density at radius 1 is 1.62 bits per heavy atom. The molecule has 2 N–H and O–H groups in total. The minimum atomic E-state index is -0.929. The van der Waals surface area contributed by atoms with E-state index in [1.165, 1.54) is 6.07 Å². The fraction of sp³-hybridized carbons (Fsp3) is 0.333. The van der Waals surface area contributed by atoms with Crippen molar-refractivity contribution in [3.8, 4) is 0 Å². The maximum atomic E-state index is 10.9. The van der Waals surface area contributed by atoms with Crippen LogP contribution in [0, 0.1) is 0 Å². The molecule has 4 nitrogen and oxygen atoms in total. The molecule has 0 aliphatic heterocycles. The summed E-state index contributed by atoms with van der Waals surface area (Å²) in [4.78, 5) is 15.2. The van der Waals surface area contributed by atoms with Crippen LogP contribution in [0.4, 0.5) is 5.82 Å². The predicted octanol–water partition coefficient (Wildman–Crippen LogP) is 2.33. The van der Waals surface area contributed by atoms with Crippen molar-refractivity contribution in [3.05, 3.63) is 36.0 Å². The van der Waals surface area contributed by atoms with Crippen molar-refractivity contribution in [2.24, 2.45) is 0 Å². The Labute approximate surface area is 95.0 Å². The monoisotopic (exact) mass is 220 g/mol. The first-order valence-electron chi connectivity index (χ1n) is 5.26. The lowest BCUT2D eigenvalue weighted by molar-refractivity contribution is 0.0696. The highest BCUT2D eigenvalue weighted by atomic mass is 16.4. The molecule has 1 aromatic rings. The van der Waals surface area contributed by atoms with Gasteiger partial charge in [0.2, 0.25) is 0 Å². The van der Waals surface area contributed by atoms with E-state index in [1.807, 2.05) is 6.92 Å². The second kappa shape index (κ2) is 5.90. The molecule has 16 heavy (non-hydrogen) atoms. The standard InChI is InChI=1S/C12H16N2O2/c1-3-5-10-7-9(12(15)16)8-11(14-10)13-6-4-2/h4,7-8H,2-3,5-6H2,1H3,(H,13,14)(H,15,16). The van der Waals surface area contributed by atoms with Gasteiger partial charge in [0, 0.05) is 12.2 Å². The van der Waals surface area contributed by atoms with E-state index in [4.69, 9.17) is 5.11 Å². The molecule has 0 bridgehead atoms. The minimum Gasteiger partial charge on any atom is -0.478 e. The van der Waals surface area contributed by atoms with Crippen molar-refractivity contribution in [1.82, 2.24) is 4.98 Å². The first-order chi connectivity index (χ1) is 7.67. The molecular weight excluding hydrogens is 204 g/mol. The van der Waals surface area contributed by atoms with Crippen molar-refractivity contribution in [3.63, 3.8) is 0 Å². The van der Waals surface area contributed by atoms with E-state index in [0.29, 0.717) is 12.4 Å². The van der Waals surface area contributed by atoms with Crippen LogP contribution in [0.25, 0.3) is 0 Å². The number of aromatic carboxylic acids is 1. The van der Waals surface area contributed by atoms with E-state index < -0.39 is 5.97 Å². The van der Waals surface area contributed by atoms with Gasteiger partial charge in [-0.15, -0.1) is 6.58 Å². The molecule has 1 aromatic heterocycles. The van der Waals surface area contributed by atoms with Gasteiger partial charge in [0.1, 0.15) is 5.82 Å². The van der Waals surface area contributed by atoms with Gasteiger partial charge in [-0.25, -0.2) is 9.78 Å². The van der Waals surface area contributed by atoms with Crippen LogP contribution in [0.15, 0.2) is 24.8 Å². The molecule has 0 unspecified atom stereocenters. The van der Waals surface area contributed by atoms with Crippen molar-refractivity contribution in [2.45, 2.75) is 19.8 Å². The third-order valence-electron chi connectivity index (χ3n) is 2.06. The number of aromatic nitrogens is 1. The summed E-state index contributed by atoms with van der Waals surface area (Å²) in [5.74, 6) is -0.343. The van der Waals surface area contributed by atoms with Gasteiger partial charge < -0.3 is 10.4 Å². The van der Waals surface area contributed by atoms with Crippen LogP contribution in [0.1, 0.15) is 29.4 Å². The van der Waals surface area contributed by atoms with Crippen molar-refractivity contribution < 1.29 is 9.90 Å². The molecule has 0 aliphatic carbocycles. The highest BCUT2D eigenvalue weighted by molar-refractivity contribution is 5.88. The first-order valence-corrected chi connectivity index (χ1v) is 5.26. The number of pyridine rings is 1. The number of aryl methyl sites for hydroxylation is 1. The van der Waals surface area contributed by atoms with Gasteiger partial charge in [0.25, 0.3) is 0 Å². The average molecular weight is 220 g/mol. The van der Waals surface area contributed by atoms with Gasteiger partial charge in [-0.3, -0.25) is 0 Å². The summed E-state index contributed by atoms with van der Waals surface area (Å²) in [5.41, 5.74) is 1.07. The van der Waals surface area contributed by atoms with Gasteiger partial charge in [-0.1, -0.05) is 19.4 Å². The zero-order valence-corrected chi connectivity index (χ0v) is 9.36. The number of rotatable bonds is 6. The number of carbonyl (C=O) groups is 1. The summed E-state index contributed by atoms with van der Waals surface area (Å²) in [6.07, 6.45) is 3.43. The molecule has 0 amide bonds. The van der Waals surface area contributed by atoms with Crippen molar-refractivity contribution in [2.75, 3.05) is 11.9 Å². The highest BCUT2D eigenvalue weighted by Crippen LogP contribution is 2.12. The molecule has 0 radical (unpaired) electrons. The third kappa shape index (κ3) is 3.38. The maximum absolute atomic E-state index is 10.9. The van der Waals surface area contributed by atoms with E-state index in [2.05, 4.69) is 16.9 Å². The zero-order chi connectivity index (χ0) is 12.0. The summed E-state index contributed by atoms with van der Waals surface area (Å²) in [6, 6.07) is 3.15. The number of hydrogen-bond donors (Lipinski definition) is 2. The van der Waals surface area contributed by atoms with Crippen molar-refractivity contribution in [1.29, 1.82) is 0 Å². The minimum absolute atomic E-state index is 0.269. The zero-order valence-electron chi connectivity index (χ0n) is 9.36. The van der Waals surface area contributed by atoms with Crippen LogP contribution >= 0.6 is 0 Å². The molecular formula is C12H16N2O2. The normalized spacial score (nSPS) is 9.81. The van der Waals surface area contributed by atoms with Crippen LogP contribution in [0.3, 0.4) is 0 Å². The fourth-order valence-electron chi connectivity index (χ4n) is 1.36. The summed E-state index contributed by atoms with van der Waals surface area (Å²) in [5, 5.41) is 11.9. The lowest BCUT2D eigenvalue weighted by atomic mass is 10.1. The SMILES string of the molecule is C=CCNc1cc(C(=O)O)cc(CCC)n1. The first kappa shape index (κ1) is 12.2. The number of hydrogen-bond acceptors (Lipinski definition) is 3. The Hall–Kier alpha value is -1.84. The Morgan fingerprint density at radius 3 is 2.94 bits per heavy atom. The average Bonchev–Trinajstić information content (AvgIpc) is 2.26. The molecule has 0 fully saturated rings. The number of carboxylic acids is 1. The Bertz CT molecular complexity index is 389. The van der Waals surface area contributed by atoms with E-state index in [-0.39, 0.29) is 5.56 Å². The third-order valence-corrected chi connectivity index (χ3v) is 2.06. The van der Waals surface area contributed by atoms with Gasteiger partial charge >= 0.3 is 5.97 Å². The lowest BCUT2D eigenvalue weighted by Gasteiger charge is -2.07. The Morgan fingerprint density at radius 2 is 2.38 bits per heavy atom. The maximum Gasteiger partial charge on any atom is 0.335 e. The fourth-order valence-corrected chi connectivity index (χ4v) is 1.36. The molecule has 0 aliphatic rings. The molecule has 0 saturated heterocycles. The number of carboxylic acid groups (broad SMARTS) is 1. The molecule has 0 spiro atoms. The summed E-state index contributed by atoms with van der Waals surface area (Å²) in [6.45, 7) is 6.19. The summed E-state index contributed by atoms with van der Waals surface area (Å²) >= 11 is 0. The summed E-state index contributed by atoms with van der Waals surface area (Å²) in [7, 11) is 0. The second-order valence-electron chi connectivity index (χ2n) is 3.46. The van der Waals surface area contributed by atoms with Crippen LogP contribution in [-0.2, 0) is 6.42 Å². The summed E-state index contributed by atoms with van der Waals surface area (Å²) < 4.78 is 0. The molecule has 86 valence electrons.